The molecular formula is C22H27FN4O2. The number of likely N-dealkylation sites (tertiary alicyclic amines) is 2. The van der Waals surface area contributed by atoms with Gasteiger partial charge in [-0.15, -0.1) is 0 Å². The van der Waals surface area contributed by atoms with Crippen LogP contribution >= 0.6 is 0 Å². The first-order valence-corrected chi connectivity index (χ1v) is 10.3. The van der Waals surface area contributed by atoms with Crippen molar-refractivity contribution in [2.24, 2.45) is 5.92 Å². The lowest BCUT2D eigenvalue weighted by Gasteiger charge is -2.30. The van der Waals surface area contributed by atoms with Crippen molar-refractivity contribution in [1.82, 2.24) is 19.6 Å². The van der Waals surface area contributed by atoms with E-state index in [1.807, 2.05) is 34.4 Å². The van der Waals surface area contributed by atoms with Crippen LogP contribution in [0.25, 0.3) is 0 Å². The van der Waals surface area contributed by atoms with Crippen LogP contribution in [0, 0.1) is 18.7 Å². The zero-order valence-electron chi connectivity index (χ0n) is 17.0. The van der Waals surface area contributed by atoms with Gasteiger partial charge < -0.3 is 9.80 Å². The van der Waals surface area contributed by atoms with Crippen molar-refractivity contribution in [3.8, 4) is 0 Å². The highest BCUT2D eigenvalue weighted by molar-refractivity contribution is 5.95. The SMILES string of the molecule is CCn1ncc(C(=O)N2C[C@H]3CCCC(=O)N(Cc4cccc(F)c4)[C@H]3C2)c1C. The van der Waals surface area contributed by atoms with Gasteiger partial charge in [-0.25, -0.2) is 4.39 Å². The molecule has 0 radical (unpaired) electrons. The molecule has 0 bridgehead atoms. The minimum absolute atomic E-state index is 0.0200. The van der Waals surface area contributed by atoms with E-state index >= 15 is 0 Å². The van der Waals surface area contributed by atoms with E-state index in [4.69, 9.17) is 0 Å². The number of hydrogen-bond acceptors (Lipinski definition) is 3. The van der Waals surface area contributed by atoms with Crippen molar-refractivity contribution in [3.63, 3.8) is 0 Å². The van der Waals surface area contributed by atoms with Crippen LogP contribution in [0.3, 0.4) is 0 Å². The van der Waals surface area contributed by atoms with E-state index in [1.54, 1.807) is 12.3 Å². The van der Waals surface area contributed by atoms with Gasteiger partial charge in [-0.3, -0.25) is 14.3 Å². The second kappa shape index (κ2) is 7.97. The predicted molar refractivity (Wildman–Crippen MR) is 107 cm³/mol. The normalized spacial score (nSPS) is 22.0. The van der Waals surface area contributed by atoms with Gasteiger partial charge in [0.15, 0.2) is 0 Å². The Morgan fingerprint density at radius 1 is 1.31 bits per heavy atom. The molecule has 6 nitrogen and oxygen atoms in total. The number of fused-ring (bicyclic) bond motifs is 1. The van der Waals surface area contributed by atoms with Crippen molar-refractivity contribution in [1.29, 1.82) is 0 Å². The molecule has 2 aliphatic rings. The summed E-state index contributed by atoms with van der Waals surface area (Å²) in [6, 6.07) is 6.37. The molecule has 0 saturated carbocycles. The molecule has 0 spiro atoms. The summed E-state index contributed by atoms with van der Waals surface area (Å²) in [5.41, 5.74) is 2.28. The second-order valence-electron chi connectivity index (χ2n) is 8.04. The van der Waals surface area contributed by atoms with Crippen LogP contribution in [0.2, 0.25) is 0 Å². The molecule has 0 N–H and O–H groups in total. The summed E-state index contributed by atoms with van der Waals surface area (Å²) in [6.45, 7) is 6.18. The Labute approximate surface area is 170 Å². The van der Waals surface area contributed by atoms with Gasteiger partial charge in [0.2, 0.25) is 5.91 Å². The van der Waals surface area contributed by atoms with Gasteiger partial charge in [0.25, 0.3) is 5.91 Å². The number of nitrogens with zero attached hydrogens (tertiary/aromatic N) is 4. The zero-order chi connectivity index (χ0) is 20.5. The van der Waals surface area contributed by atoms with Crippen molar-refractivity contribution in [2.45, 2.75) is 52.2 Å². The third kappa shape index (κ3) is 3.78. The molecule has 29 heavy (non-hydrogen) atoms. The third-order valence-electron chi connectivity index (χ3n) is 6.26. The highest BCUT2D eigenvalue weighted by Crippen LogP contribution is 2.32. The molecule has 1 aromatic carbocycles. The fourth-order valence-electron chi connectivity index (χ4n) is 4.68. The first-order valence-electron chi connectivity index (χ1n) is 10.3. The van der Waals surface area contributed by atoms with Gasteiger partial charge in [-0.2, -0.15) is 5.10 Å². The average molecular weight is 398 g/mol. The second-order valence-corrected chi connectivity index (χ2v) is 8.04. The molecule has 2 atom stereocenters. The number of carbonyl (C=O) groups excluding carboxylic acids is 2. The summed E-state index contributed by atoms with van der Waals surface area (Å²) in [4.78, 5) is 29.7. The Balaban J connectivity index is 1.55. The topological polar surface area (TPSA) is 58.4 Å². The van der Waals surface area contributed by atoms with Gasteiger partial charge >= 0.3 is 0 Å². The molecule has 2 amide bonds. The number of aryl methyl sites for hydroxylation is 1. The summed E-state index contributed by atoms with van der Waals surface area (Å²) in [6.07, 6.45) is 3.91. The minimum Gasteiger partial charge on any atom is -0.336 e. The maximum absolute atomic E-state index is 13.6. The number of benzene rings is 1. The lowest BCUT2D eigenvalue weighted by Crippen LogP contribution is -2.43. The molecule has 0 aliphatic carbocycles. The Kier molecular flexibility index (Phi) is 5.39. The van der Waals surface area contributed by atoms with Gasteiger partial charge in [-0.1, -0.05) is 12.1 Å². The summed E-state index contributed by atoms with van der Waals surface area (Å²) < 4.78 is 15.4. The van der Waals surface area contributed by atoms with Gasteiger partial charge in [0.05, 0.1) is 17.8 Å². The van der Waals surface area contributed by atoms with E-state index in [2.05, 4.69) is 5.10 Å². The van der Waals surface area contributed by atoms with E-state index < -0.39 is 0 Å². The Morgan fingerprint density at radius 3 is 2.86 bits per heavy atom. The van der Waals surface area contributed by atoms with E-state index in [9.17, 15) is 14.0 Å². The molecule has 2 fully saturated rings. The van der Waals surface area contributed by atoms with Gasteiger partial charge in [0.1, 0.15) is 5.82 Å². The first kappa shape index (κ1) is 19.6. The molecule has 2 saturated heterocycles. The van der Waals surface area contributed by atoms with Crippen molar-refractivity contribution in [2.75, 3.05) is 13.1 Å². The lowest BCUT2D eigenvalue weighted by atomic mass is 9.98. The fourth-order valence-corrected chi connectivity index (χ4v) is 4.68. The summed E-state index contributed by atoms with van der Waals surface area (Å²) in [7, 11) is 0. The van der Waals surface area contributed by atoms with Crippen molar-refractivity contribution >= 4 is 11.8 Å². The van der Waals surface area contributed by atoms with Crippen LogP contribution in [-0.2, 0) is 17.9 Å². The van der Waals surface area contributed by atoms with Crippen LogP contribution in [0.1, 0.15) is 47.8 Å². The van der Waals surface area contributed by atoms with Crippen LogP contribution in [0.4, 0.5) is 4.39 Å². The van der Waals surface area contributed by atoms with E-state index in [1.165, 1.54) is 12.1 Å². The van der Waals surface area contributed by atoms with Crippen molar-refractivity contribution in [3.05, 3.63) is 53.1 Å². The lowest BCUT2D eigenvalue weighted by molar-refractivity contribution is -0.133. The maximum Gasteiger partial charge on any atom is 0.257 e. The van der Waals surface area contributed by atoms with Crippen LogP contribution in [-0.4, -0.2) is 50.5 Å². The monoisotopic (exact) mass is 398 g/mol. The molecular weight excluding hydrogens is 371 g/mol. The highest BCUT2D eigenvalue weighted by atomic mass is 19.1. The minimum atomic E-state index is -0.298. The maximum atomic E-state index is 13.6. The summed E-state index contributed by atoms with van der Waals surface area (Å²) in [5.74, 6) is 0.0212. The standard InChI is InChI=1S/C22H27FN4O2/c1-3-27-15(2)19(11-24-27)22(29)25-13-17-7-5-9-21(28)26(20(17)14-25)12-16-6-4-8-18(23)10-16/h4,6,8,10-11,17,20H,3,5,7,9,12-14H2,1-2H3/t17-,20+/m1/s1. The van der Waals surface area contributed by atoms with E-state index in [0.717, 1.165) is 30.6 Å². The Morgan fingerprint density at radius 2 is 2.14 bits per heavy atom. The Hall–Kier alpha value is -2.70. The fraction of sp³-hybridized carbons (Fsp3) is 0.500. The Bertz CT molecular complexity index is 925. The highest BCUT2D eigenvalue weighted by Gasteiger charge is 2.42. The van der Waals surface area contributed by atoms with E-state index in [-0.39, 0.29) is 29.6 Å². The summed E-state index contributed by atoms with van der Waals surface area (Å²) >= 11 is 0. The molecule has 4 rings (SSSR count). The van der Waals surface area contributed by atoms with Gasteiger partial charge in [-0.05, 0) is 50.3 Å². The number of halogens is 1. The molecule has 3 heterocycles. The largest absolute Gasteiger partial charge is 0.336 e. The van der Waals surface area contributed by atoms with Crippen LogP contribution in [0.5, 0.6) is 0 Å². The molecule has 1 aromatic heterocycles. The third-order valence-corrected chi connectivity index (χ3v) is 6.26. The first-order chi connectivity index (χ1) is 14.0. The number of rotatable bonds is 4. The molecule has 2 aromatic rings. The van der Waals surface area contributed by atoms with E-state index in [0.29, 0.717) is 31.6 Å². The van der Waals surface area contributed by atoms with Gasteiger partial charge in [0, 0.05) is 38.3 Å². The number of amides is 2. The zero-order valence-corrected chi connectivity index (χ0v) is 17.0. The van der Waals surface area contributed by atoms with Crippen LogP contribution < -0.4 is 0 Å². The average Bonchev–Trinajstić information content (AvgIpc) is 3.25. The number of hydrogen-bond donors (Lipinski definition) is 0. The molecule has 7 heteroatoms. The molecule has 2 aliphatic heterocycles. The predicted octanol–water partition coefficient (Wildman–Crippen LogP) is 3.00. The summed E-state index contributed by atoms with van der Waals surface area (Å²) in [5, 5.41) is 4.29. The number of carbonyl (C=O) groups is 2. The smallest absolute Gasteiger partial charge is 0.257 e. The molecule has 0 unspecified atom stereocenters. The quantitative estimate of drug-likeness (QED) is 0.796. The number of aromatic nitrogens is 2. The van der Waals surface area contributed by atoms with Crippen LogP contribution in [0.15, 0.2) is 30.5 Å². The molecule has 154 valence electrons. The van der Waals surface area contributed by atoms with Crippen molar-refractivity contribution < 1.29 is 14.0 Å².